The molecule has 1 aliphatic carbocycles. The minimum Gasteiger partial charge on any atom is -0.436 e. The van der Waals surface area contributed by atoms with Crippen molar-refractivity contribution < 1.29 is 18.8 Å². The van der Waals surface area contributed by atoms with Crippen molar-refractivity contribution in [3.63, 3.8) is 0 Å². The second-order valence-corrected chi connectivity index (χ2v) is 8.04. The van der Waals surface area contributed by atoms with Crippen molar-refractivity contribution >= 4 is 34.6 Å². The molecule has 5 rings (SSSR count). The molecule has 1 spiro atoms. The van der Waals surface area contributed by atoms with Gasteiger partial charge in [-0.3, -0.25) is 14.5 Å². The van der Waals surface area contributed by atoms with Crippen molar-refractivity contribution in [2.45, 2.75) is 37.6 Å². The van der Waals surface area contributed by atoms with Crippen molar-refractivity contribution in [3.05, 3.63) is 48.5 Å². The summed E-state index contributed by atoms with van der Waals surface area (Å²) in [6.45, 7) is 0.0687. The molecule has 3 aromatic rings. The third-order valence-corrected chi connectivity index (χ3v) is 5.97. The lowest BCUT2D eigenvalue weighted by Gasteiger charge is -2.19. The second kappa shape index (κ2) is 7.54. The molecule has 1 aromatic heterocycles. The summed E-state index contributed by atoms with van der Waals surface area (Å²) < 4.78 is 5.76. The second-order valence-electron chi connectivity index (χ2n) is 8.04. The number of hydrogen-bond acceptors (Lipinski definition) is 5. The normalized spacial score (nSPS) is 17.5. The molecule has 158 valence electrons. The van der Waals surface area contributed by atoms with Gasteiger partial charge < -0.3 is 15.1 Å². The fourth-order valence-corrected chi connectivity index (χ4v) is 4.33. The van der Waals surface area contributed by atoms with E-state index in [1.807, 2.05) is 36.4 Å². The maximum atomic E-state index is 12.6. The quantitative estimate of drug-likeness (QED) is 0.615. The zero-order chi connectivity index (χ0) is 21.4. The average molecular weight is 418 g/mol. The summed E-state index contributed by atoms with van der Waals surface area (Å²) in [7, 11) is 0. The maximum absolute atomic E-state index is 12.6. The lowest BCUT2D eigenvalue weighted by atomic mass is 9.98. The summed E-state index contributed by atoms with van der Waals surface area (Å²) in [5, 5.41) is 5.63. The molecule has 0 unspecified atom stereocenters. The van der Waals surface area contributed by atoms with Gasteiger partial charge in [-0.1, -0.05) is 25.0 Å². The molecule has 0 atom stereocenters. The molecule has 1 aliphatic heterocycles. The highest BCUT2D eigenvalue weighted by atomic mass is 16.3. The van der Waals surface area contributed by atoms with E-state index < -0.39 is 11.6 Å². The molecule has 31 heavy (non-hydrogen) atoms. The summed E-state index contributed by atoms with van der Waals surface area (Å²) in [6, 6.07) is 14.3. The van der Waals surface area contributed by atoms with Crippen molar-refractivity contribution in [1.82, 2.24) is 15.2 Å². The lowest BCUT2D eigenvalue weighted by molar-refractivity contribution is -0.131. The Morgan fingerprint density at radius 3 is 2.58 bits per heavy atom. The van der Waals surface area contributed by atoms with Crippen molar-refractivity contribution in [1.29, 1.82) is 0 Å². The van der Waals surface area contributed by atoms with E-state index in [0.29, 0.717) is 24.4 Å². The number of amides is 4. The molecule has 1 saturated carbocycles. The minimum absolute atomic E-state index is 0.0438. The van der Waals surface area contributed by atoms with Crippen LogP contribution in [0.2, 0.25) is 0 Å². The molecular formula is C23H22N4O4. The van der Waals surface area contributed by atoms with Gasteiger partial charge in [0.1, 0.15) is 11.1 Å². The van der Waals surface area contributed by atoms with Crippen LogP contribution in [0.1, 0.15) is 32.1 Å². The van der Waals surface area contributed by atoms with Gasteiger partial charge in [-0.15, -0.1) is 0 Å². The Morgan fingerprint density at radius 1 is 1.10 bits per heavy atom. The van der Waals surface area contributed by atoms with Crippen LogP contribution < -0.4 is 10.6 Å². The number of nitrogens with one attached hydrogen (secondary N) is 2. The van der Waals surface area contributed by atoms with Crippen LogP contribution in [-0.4, -0.2) is 39.8 Å². The first kappa shape index (κ1) is 19.3. The van der Waals surface area contributed by atoms with Gasteiger partial charge in [0.15, 0.2) is 5.58 Å². The Hall–Kier alpha value is -3.68. The number of nitrogens with zero attached hydrogens (tertiary/aromatic N) is 2. The fourth-order valence-electron chi connectivity index (χ4n) is 4.33. The average Bonchev–Trinajstić information content (AvgIpc) is 3.46. The fraction of sp³-hybridized carbons (Fsp3) is 0.304. The van der Waals surface area contributed by atoms with E-state index in [-0.39, 0.29) is 24.8 Å². The highest BCUT2D eigenvalue weighted by Crippen LogP contribution is 2.35. The molecular weight excluding hydrogens is 396 g/mol. The first-order valence-corrected chi connectivity index (χ1v) is 10.4. The maximum Gasteiger partial charge on any atom is 0.325 e. The molecule has 2 heterocycles. The van der Waals surface area contributed by atoms with Gasteiger partial charge in [0, 0.05) is 24.2 Å². The highest BCUT2D eigenvalue weighted by molar-refractivity contribution is 6.07. The van der Waals surface area contributed by atoms with E-state index in [2.05, 4.69) is 15.6 Å². The van der Waals surface area contributed by atoms with E-state index in [9.17, 15) is 14.4 Å². The number of carbonyl (C=O) groups is 3. The van der Waals surface area contributed by atoms with Gasteiger partial charge in [-0.25, -0.2) is 9.78 Å². The minimum atomic E-state index is -0.742. The van der Waals surface area contributed by atoms with Crippen LogP contribution >= 0.6 is 0 Å². The monoisotopic (exact) mass is 418 g/mol. The summed E-state index contributed by atoms with van der Waals surface area (Å²) in [6.07, 6.45) is 3.25. The summed E-state index contributed by atoms with van der Waals surface area (Å²) >= 11 is 0. The van der Waals surface area contributed by atoms with Gasteiger partial charge in [0.25, 0.3) is 5.91 Å². The Kier molecular flexibility index (Phi) is 4.69. The van der Waals surface area contributed by atoms with E-state index in [4.69, 9.17) is 4.42 Å². The summed E-state index contributed by atoms with van der Waals surface area (Å²) in [5.41, 5.74) is 2.18. The Morgan fingerprint density at radius 2 is 1.84 bits per heavy atom. The molecule has 8 heteroatoms. The van der Waals surface area contributed by atoms with E-state index in [1.54, 1.807) is 12.1 Å². The number of anilines is 1. The molecule has 2 fully saturated rings. The van der Waals surface area contributed by atoms with Crippen LogP contribution in [0.4, 0.5) is 10.5 Å². The Balaban J connectivity index is 1.19. The van der Waals surface area contributed by atoms with E-state index >= 15 is 0 Å². The predicted molar refractivity (Wildman–Crippen MR) is 114 cm³/mol. The van der Waals surface area contributed by atoms with Gasteiger partial charge in [-0.2, -0.15) is 0 Å². The zero-order valence-corrected chi connectivity index (χ0v) is 16.9. The van der Waals surface area contributed by atoms with Crippen molar-refractivity contribution in [2.24, 2.45) is 0 Å². The Bertz CT molecular complexity index is 1130. The van der Waals surface area contributed by atoms with Gasteiger partial charge >= 0.3 is 6.03 Å². The molecule has 0 radical (unpaired) electrons. The number of imide groups is 1. The molecule has 1 saturated heterocycles. The summed E-state index contributed by atoms with van der Waals surface area (Å²) in [5.74, 6) is 0.0477. The van der Waals surface area contributed by atoms with Crippen LogP contribution in [0, 0.1) is 0 Å². The third-order valence-electron chi connectivity index (χ3n) is 5.97. The van der Waals surface area contributed by atoms with Crippen LogP contribution in [0.5, 0.6) is 0 Å². The van der Waals surface area contributed by atoms with Crippen molar-refractivity contribution in [2.75, 3.05) is 11.9 Å². The largest absolute Gasteiger partial charge is 0.436 e. The number of oxazole rings is 1. The summed E-state index contributed by atoms with van der Waals surface area (Å²) in [4.78, 5) is 42.8. The van der Waals surface area contributed by atoms with Gasteiger partial charge in [0.05, 0.1) is 0 Å². The molecule has 0 bridgehead atoms. The van der Waals surface area contributed by atoms with Crippen molar-refractivity contribution in [3.8, 4) is 11.5 Å². The topological polar surface area (TPSA) is 105 Å². The number of urea groups is 1. The standard InChI is InChI=1S/C23H22N4O4/c28-19(11-14-27-21(29)23(26-22(27)30)12-3-4-13-23)24-16-9-7-15(8-10-16)20-25-17-5-1-2-6-18(17)31-20/h1-2,5-10H,3-4,11-14H2,(H,24,28)(H,26,30). The number of rotatable bonds is 5. The predicted octanol–water partition coefficient (Wildman–Crippen LogP) is 3.69. The smallest absolute Gasteiger partial charge is 0.325 e. The van der Waals surface area contributed by atoms with Crippen LogP contribution in [-0.2, 0) is 9.59 Å². The number of para-hydroxylation sites is 2. The molecule has 2 aromatic carbocycles. The number of hydrogen-bond donors (Lipinski definition) is 2. The Labute approximate surface area is 178 Å². The molecule has 2 aliphatic rings. The van der Waals surface area contributed by atoms with Gasteiger partial charge in [-0.05, 0) is 49.2 Å². The lowest BCUT2D eigenvalue weighted by Crippen LogP contribution is -2.44. The van der Waals surface area contributed by atoms with Crippen LogP contribution in [0.15, 0.2) is 52.9 Å². The molecule has 4 amide bonds. The zero-order valence-electron chi connectivity index (χ0n) is 16.9. The first-order chi connectivity index (χ1) is 15.0. The molecule has 8 nitrogen and oxygen atoms in total. The number of aromatic nitrogens is 1. The van der Waals surface area contributed by atoms with Crippen LogP contribution in [0.3, 0.4) is 0 Å². The van der Waals surface area contributed by atoms with E-state index in [0.717, 1.165) is 29.5 Å². The first-order valence-electron chi connectivity index (χ1n) is 10.4. The SMILES string of the molecule is O=C(CCN1C(=O)NC2(CCCC2)C1=O)Nc1ccc(-c2nc3ccccc3o2)cc1. The molecule has 2 N–H and O–H groups in total. The number of carbonyl (C=O) groups excluding carboxylic acids is 3. The van der Waals surface area contributed by atoms with Gasteiger partial charge in [0.2, 0.25) is 11.8 Å². The number of fused-ring (bicyclic) bond motifs is 1. The van der Waals surface area contributed by atoms with E-state index in [1.165, 1.54) is 4.90 Å². The highest BCUT2D eigenvalue weighted by Gasteiger charge is 2.52. The third kappa shape index (κ3) is 3.54. The van der Waals surface area contributed by atoms with Crippen LogP contribution in [0.25, 0.3) is 22.6 Å². The number of benzene rings is 2.